The Labute approximate surface area is 118 Å². The van der Waals surface area contributed by atoms with Crippen LogP contribution in [0.15, 0.2) is 24.3 Å². The van der Waals surface area contributed by atoms with E-state index >= 15 is 0 Å². The first kappa shape index (κ1) is 14.5. The van der Waals surface area contributed by atoms with Crippen LogP contribution in [0.3, 0.4) is 0 Å². The van der Waals surface area contributed by atoms with E-state index in [9.17, 15) is 9.90 Å². The minimum atomic E-state index is -0.542. The van der Waals surface area contributed by atoms with Crippen LogP contribution in [0, 0.1) is 11.3 Å². The molecule has 1 aromatic carbocycles. The number of hydrogen-bond acceptors (Lipinski definition) is 4. The van der Waals surface area contributed by atoms with Crippen molar-refractivity contribution < 1.29 is 9.90 Å². The van der Waals surface area contributed by atoms with Gasteiger partial charge in [0.05, 0.1) is 23.6 Å². The second kappa shape index (κ2) is 5.61. The van der Waals surface area contributed by atoms with Gasteiger partial charge in [0.25, 0.3) is 0 Å². The zero-order valence-corrected chi connectivity index (χ0v) is 11.7. The SMILES string of the molecule is CC(C)(C#N)c1ccc(NC(=O)C2CC(O)CN2)cc1. The number of carbonyl (C=O) groups excluding carboxylic acids is 1. The third-order valence-corrected chi connectivity index (χ3v) is 3.58. The quantitative estimate of drug-likeness (QED) is 0.771. The van der Waals surface area contributed by atoms with E-state index in [4.69, 9.17) is 5.26 Å². The van der Waals surface area contributed by atoms with Crippen LogP contribution >= 0.6 is 0 Å². The van der Waals surface area contributed by atoms with Crippen molar-refractivity contribution in [2.75, 3.05) is 11.9 Å². The van der Waals surface area contributed by atoms with Crippen molar-refractivity contribution >= 4 is 11.6 Å². The molecule has 1 heterocycles. The monoisotopic (exact) mass is 273 g/mol. The number of β-amino-alcohol motifs (C(OH)–C–C–N with tert-alkyl or cyclic N) is 1. The van der Waals surface area contributed by atoms with Crippen LogP contribution in [0.1, 0.15) is 25.8 Å². The Morgan fingerprint density at radius 3 is 2.60 bits per heavy atom. The Hall–Kier alpha value is -1.90. The standard InChI is InChI=1S/C15H19N3O2/c1-15(2,9-16)10-3-5-11(6-4-10)18-14(20)13-7-12(19)8-17-13/h3-6,12-13,17,19H,7-8H2,1-2H3,(H,18,20). The van der Waals surface area contributed by atoms with E-state index < -0.39 is 11.5 Å². The van der Waals surface area contributed by atoms with Crippen molar-refractivity contribution in [2.45, 2.75) is 37.8 Å². The van der Waals surface area contributed by atoms with Gasteiger partial charge in [0, 0.05) is 12.2 Å². The molecule has 1 aromatic rings. The van der Waals surface area contributed by atoms with Gasteiger partial charge in [-0.05, 0) is 38.0 Å². The Bertz CT molecular complexity index is 531. The number of nitrogens with zero attached hydrogens (tertiary/aromatic N) is 1. The molecule has 3 N–H and O–H groups in total. The van der Waals surface area contributed by atoms with Crippen molar-refractivity contribution in [1.82, 2.24) is 5.32 Å². The molecule has 1 aliphatic heterocycles. The molecule has 20 heavy (non-hydrogen) atoms. The van der Waals surface area contributed by atoms with Crippen LogP contribution in [0.25, 0.3) is 0 Å². The molecule has 106 valence electrons. The van der Waals surface area contributed by atoms with Gasteiger partial charge in [0.15, 0.2) is 0 Å². The van der Waals surface area contributed by atoms with Gasteiger partial charge in [0.1, 0.15) is 0 Å². The average Bonchev–Trinajstić information content (AvgIpc) is 2.86. The molecule has 2 unspecified atom stereocenters. The minimum Gasteiger partial charge on any atom is -0.392 e. The molecular formula is C15H19N3O2. The topological polar surface area (TPSA) is 85.2 Å². The molecule has 2 rings (SSSR count). The van der Waals surface area contributed by atoms with Gasteiger partial charge in [-0.15, -0.1) is 0 Å². The summed E-state index contributed by atoms with van der Waals surface area (Å²) in [5, 5.41) is 24.2. The van der Waals surface area contributed by atoms with Gasteiger partial charge >= 0.3 is 0 Å². The van der Waals surface area contributed by atoms with Gasteiger partial charge in [-0.25, -0.2) is 0 Å². The maximum Gasteiger partial charge on any atom is 0.241 e. The average molecular weight is 273 g/mol. The molecule has 1 fully saturated rings. The van der Waals surface area contributed by atoms with E-state index in [-0.39, 0.29) is 11.9 Å². The summed E-state index contributed by atoms with van der Waals surface area (Å²) in [6.07, 6.45) is -0.0182. The molecule has 5 nitrogen and oxygen atoms in total. The Kier molecular flexibility index (Phi) is 4.07. The number of anilines is 1. The molecule has 1 saturated heterocycles. The summed E-state index contributed by atoms with van der Waals surface area (Å²) in [4.78, 5) is 12.0. The molecule has 1 aliphatic rings. The summed E-state index contributed by atoms with van der Waals surface area (Å²) >= 11 is 0. The molecule has 0 bridgehead atoms. The lowest BCUT2D eigenvalue weighted by atomic mass is 9.86. The van der Waals surface area contributed by atoms with Gasteiger partial charge in [-0.1, -0.05) is 12.1 Å². The fourth-order valence-electron chi connectivity index (χ4n) is 2.18. The lowest BCUT2D eigenvalue weighted by Crippen LogP contribution is -2.35. The Balaban J connectivity index is 2.01. The van der Waals surface area contributed by atoms with Crippen molar-refractivity contribution in [1.29, 1.82) is 5.26 Å². The fourth-order valence-corrected chi connectivity index (χ4v) is 2.18. The molecule has 0 spiro atoms. The second-order valence-electron chi connectivity index (χ2n) is 5.65. The number of rotatable bonds is 3. The largest absolute Gasteiger partial charge is 0.392 e. The van der Waals surface area contributed by atoms with Crippen molar-refractivity contribution in [3.63, 3.8) is 0 Å². The highest BCUT2D eigenvalue weighted by Crippen LogP contribution is 2.23. The normalized spacial score (nSPS) is 22.3. The van der Waals surface area contributed by atoms with Crippen LogP contribution in [0.4, 0.5) is 5.69 Å². The van der Waals surface area contributed by atoms with Crippen LogP contribution in [-0.2, 0) is 10.2 Å². The maximum absolute atomic E-state index is 12.0. The first-order chi connectivity index (χ1) is 9.42. The van der Waals surface area contributed by atoms with E-state index in [1.54, 1.807) is 12.1 Å². The molecule has 0 radical (unpaired) electrons. The number of hydrogen-bond donors (Lipinski definition) is 3. The number of benzene rings is 1. The number of carbonyl (C=O) groups is 1. The smallest absolute Gasteiger partial charge is 0.241 e. The number of nitriles is 1. The Morgan fingerprint density at radius 2 is 2.10 bits per heavy atom. The van der Waals surface area contributed by atoms with E-state index in [1.165, 1.54) is 0 Å². The third kappa shape index (κ3) is 3.16. The molecule has 0 saturated carbocycles. The highest BCUT2D eigenvalue weighted by molar-refractivity contribution is 5.95. The first-order valence-electron chi connectivity index (χ1n) is 6.66. The van der Waals surface area contributed by atoms with Gasteiger partial charge in [0.2, 0.25) is 5.91 Å². The predicted molar refractivity (Wildman–Crippen MR) is 76.1 cm³/mol. The van der Waals surface area contributed by atoms with Crippen molar-refractivity contribution in [3.05, 3.63) is 29.8 Å². The maximum atomic E-state index is 12.0. The van der Waals surface area contributed by atoms with E-state index in [1.807, 2.05) is 26.0 Å². The fraction of sp³-hybridized carbons (Fsp3) is 0.467. The van der Waals surface area contributed by atoms with Crippen LogP contribution in [-0.4, -0.2) is 29.7 Å². The summed E-state index contributed by atoms with van der Waals surface area (Å²) in [6.45, 7) is 4.15. The predicted octanol–water partition coefficient (Wildman–Crippen LogP) is 1.15. The highest BCUT2D eigenvalue weighted by atomic mass is 16.3. The van der Waals surface area contributed by atoms with Crippen molar-refractivity contribution in [2.24, 2.45) is 0 Å². The summed E-state index contributed by atoms with van der Waals surface area (Å²) in [5.74, 6) is -0.145. The summed E-state index contributed by atoms with van der Waals surface area (Å²) in [6, 6.07) is 9.16. The number of amides is 1. The van der Waals surface area contributed by atoms with Gasteiger partial charge < -0.3 is 15.7 Å². The summed E-state index contributed by atoms with van der Waals surface area (Å²) < 4.78 is 0. The summed E-state index contributed by atoms with van der Waals surface area (Å²) in [5.41, 5.74) is 1.06. The molecule has 0 aliphatic carbocycles. The number of nitrogens with one attached hydrogen (secondary N) is 2. The minimum absolute atomic E-state index is 0.145. The van der Waals surface area contributed by atoms with Gasteiger partial charge in [-0.2, -0.15) is 5.26 Å². The first-order valence-corrected chi connectivity index (χ1v) is 6.66. The molecule has 0 aromatic heterocycles. The zero-order chi connectivity index (χ0) is 14.8. The molecule has 1 amide bonds. The number of aliphatic hydroxyl groups is 1. The lowest BCUT2D eigenvalue weighted by molar-refractivity contribution is -0.117. The molecule has 2 atom stereocenters. The summed E-state index contributed by atoms with van der Waals surface area (Å²) in [7, 11) is 0. The van der Waals surface area contributed by atoms with Crippen LogP contribution in [0.5, 0.6) is 0 Å². The van der Waals surface area contributed by atoms with E-state index in [2.05, 4.69) is 16.7 Å². The lowest BCUT2D eigenvalue weighted by Gasteiger charge is -2.16. The zero-order valence-electron chi connectivity index (χ0n) is 11.7. The second-order valence-corrected chi connectivity index (χ2v) is 5.65. The number of aliphatic hydroxyl groups excluding tert-OH is 1. The third-order valence-electron chi connectivity index (χ3n) is 3.58. The van der Waals surface area contributed by atoms with Crippen LogP contribution < -0.4 is 10.6 Å². The van der Waals surface area contributed by atoms with E-state index in [0.29, 0.717) is 18.7 Å². The Morgan fingerprint density at radius 1 is 1.45 bits per heavy atom. The van der Waals surface area contributed by atoms with Gasteiger partial charge in [-0.3, -0.25) is 4.79 Å². The molecule has 5 heteroatoms. The molecular weight excluding hydrogens is 254 g/mol. The van der Waals surface area contributed by atoms with Crippen molar-refractivity contribution in [3.8, 4) is 6.07 Å². The highest BCUT2D eigenvalue weighted by Gasteiger charge is 2.28. The van der Waals surface area contributed by atoms with E-state index in [0.717, 1.165) is 5.56 Å². The van der Waals surface area contributed by atoms with Crippen LogP contribution in [0.2, 0.25) is 0 Å².